The van der Waals surface area contributed by atoms with E-state index in [4.69, 9.17) is 0 Å². The number of carbonyl (C=O) groups is 1. The van der Waals surface area contributed by atoms with E-state index in [-0.39, 0.29) is 11.4 Å². The highest BCUT2D eigenvalue weighted by Gasteiger charge is 2.42. The topological polar surface area (TPSA) is 118 Å². The Morgan fingerprint density at radius 1 is 1.38 bits per heavy atom. The number of benzene rings is 1. The summed E-state index contributed by atoms with van der Waals surface area (Å²) < 4.78 is 27.3. The van der Waals surface area contributed by atoms with Gasteiger partial charge in [0.15, 0.2) is 4.90 Å². The summed E-state index contributed by atoms with van der Waals surface area (Å²) in [5.41, 5.74) is 0.454. The van der Waals surface area contributed by atoms with Gasteiger partial charge in [0.1, 0.15) is 0 Å². The van der Waals surface area contributed by atoms with E-state index in [9.17, 15) is 28.4 Å². The second-order valence-corrected chi connectivity index (χ2v) is 7.88. The van der Waals surface area contributed by atoms with Crippen molar-refractivity contribution in [2.75, 3.05) is 6.54 Å². The molecule has 1 heterocycles. The van der Waals surface area contributed by atoms with Crippen molar-refractivity contribution in [2.45, 2.75) is 44.6 Å². The minimum atomic E-state index is -4.18. The van der Waals surface area contributed by atoms with Crippen LogP contribution in [0, 0.1) is 29.9 Å². The molecule has 132 valence electrons. The minimum absolute atomic E-state index is 0.151. The molecule has 1 saturated heterocycles. The first kappa shape index (κ1) is 18.3. The van der Waals surface area contributed by atoms with Crippen LogP contribution in [0.5, 0.6) is 0 Å². The molecule has 1 aliphatic heterocycles. The van der Waals surface area contributed by atoms with Crippen LogP contribution < -0.4 is 0 Å². The highest BCUT2D eigenvalue weighted by molar-refractivity contribution is 7.89. The van der Waals surface area contributed by atoms with Crippen LogP contribution in [0.4, 0.5) is 5.69 Å². The lowest BCUT2D eigenvalue weighted by molar-refractivity contribution is -0.388. The highest BCUT2D eigenvalue weighted by atomic mass is 32.2. The number of piperidine rings is 1. The lowest BCUT2D eigenvalue weighted by Gasteiger charge is -2.36. The van der Waals surface area contributed by atoms with E-state index in [1.807, 2.05) is 0 Å². The lowest BCUT2D eigenvalue weighted by Crippen LogP contribution is -2.49. The van der Waals surface area contributed by atoms with Crippen LogP contribution in [-0.4, -0.2) is 41.3 Å². The third-order valence-electron chi connectivity index (χ3n) is 4.67. The van der Waals surface area contributed by atoms with Crippen molar-refractivity contribution in [2.24, 2.45) is 5.92 Å². The average Bonchev–Trinajstić information content (AvgIpc) is 2.48. The van der Waals surface area contributed by atoms with E-state index >= 15 is 0 Å². The normalized spacial score (nSPS) is 22.3. The molecule has 9 heteroatoms. The van der Waals surface area contributed by atoms with Gasteiger partial charge in [-0.25, -0.2) is 8.42 Å². The highest BCUT2D eigenvalue weighted by Crippen LogP contribution is 2.35. The van der Waals surface area contributed by atoms with Gasteiger partial charge in [-0.3, -0.25) is 14.9 Å². The second kappa shape index (κ2) is 6.48. The molecule has 0 radical (unpaired) electrons. The number of hydrogen-bond acceptors (Lipinski definition) is 5. The van der Waals surface area contributed by atoms with Crippen molar-refractivity contribution < 1.29 is 23.2 Å². The molecule has 1 aliphatic rings. The van der Waals surface area contributed by atoms with Gasteiger partial charge < -0.3 is 5.11 Å². The van der Waals surface area contributed by atoms with Crippen molar-refractivity contribution >= 4 is 21.7 Å². The molecule has 2 atom stereocenters. The second-order valence-electron chi connectivity index (χ2n) is 6.06. The number of aryl methyl sites for hydroxylation is 1. The molecule has 1 aromatic carbocycles. The molecule has 0 unspecified atom stereocenters. The van der Waals surface area contributed by atoms with Crippen LogP contribution in [0.2, 0.25) is 0 Å². The Kier molecular flexibility index (Phi) is 4.95. The zero-order valence-corrected chi connectivity index (χ0v) is 14.5. The molecule has 8 nitrogen and oxygen atoms in total. The monoisotopic (exact) mass is 356 g/mol. The Morgan fingerprint density at radius 3 is 2.54 bits per heavy atom. The number of nitro benzene ring substituents is 1. The number of carboxylic acid groups (broad SMARTS) is 1. The van der Waals surface area contributed by atoms with E-state index in [1.54, 1.807) is 6.92 Å². The Balaban J connectivity index is 2.61. The van der Waals surface area contributed by atoms with E-state index in [2.05, 4.69) is 0 Å². The van der Waals surface area contributed by atoms with Crippen LogP contribution in [0.1, 0.15) is 30.9 Å². The van der Waals surface area contributed by atoms with Crippen molar-refractivity contribution in [3.63, 3.8) is 0 Å². The summed E-state index contributed by atoms with van der Waals surface area (Å²) in [5, 5.41) is 20.6. The first-order valence-electron chi connectivity index (χ1n) is 7.58. The number of nitro groups is 1. The van der Waals surface area contributed by atoms with Crippen LogP contribution in [0.25, 0.3) is 0 Å². The standard InChI is InChI=1S/C15H20N2O6S/c1-9-6-7-13(17(20)21)14(10(9)2)24(22,23)16-8-4-5-12(11(16)3)15(18)19/h6-7,11-12H,4-5,8H2,1-3H3,(H,18,19)/t11-,12-/m1/s1. The Morgan fingerprint density at radius 2 is 2.00 bits per heavy atom. The SMILES string of the molecule is Cc1ccc([N+](=O)[O-])c(S(=O)(=O)N2CCC[C@@H](C(=O)O)[C@H]2C)c1C. The summed E-state index contributed by atoms with van der Waals surface area (Å²) in [7, 11) is -4.18. The summed E-state index contributed by atoms with van der Waals surface area (Å²) in [5.74, 6) is -1.88. The van der Waals surface area contributed by atoms with Crippen molar-refractivity contribution in [1.29, 1.82) is 0 Å². The zero-order valence-electron chi connectivity index (χ0n) is 13.7. The third-order valence-corrected chi connectivity index (χ3v) is 6.83. The van der Waals surface area contributed by atoms with Crippen molar-refractivity contribution in [3.05, 3.63) is 33.4 Å². The smallest absolute Gasteiger partial charge is 0.308 e. The largest absolute Gasteiger partial charge is 0.481 e. The summed E-state index contributed by atoms with van der Waals surface area (Å²) in [4.78, 5) is 21.6. The Labute approximate surface area is 140 Å². The fraction of sp³-hybridized carbons (Fsp3) is 0.533. The predicted octanol–water partition coefficient (Wildman–Crippen LogP) is 2.09. The lowest BCUT2D eigenvalue weighted by atomic mass is 9.92. The fourth-order valence-electron chi connectivity index (χ4n) is 3.14. The van der Waals surface area contributed by atoms with Crippen LogP contribution in [-0.2, 0) is 14.8 Å². The molecular weight excluding hydrogens is 336 g/mol. The molecule has 1 N–H and O–H groups in total. The third kappa shape index (κ3) is 3.01. The Bertz CT molecular complexity index is 789. The van der Waals surface area contributed by atoms with E-state index in [1.165, 1.54) is 26.0 Å². The Hall–Kier alpha value is -2.00. The molecule has 24 heavy (non-hydrogen) atoms. The van der Waals surface area contributed by atoms with E-state index in [0.29, 0.717) is 24.0 Å². The fourth-order valence-corrected chi connectivity index (χ4v) is 5.29. The maximum atomic E-state index is 13.1. The number of rotatable bonds is 4. The number of sulfonamides is 1. The number of nitrogens with zero attached hydrogens (tertiary/aromatic N) is 2. The molecule has 1 aromatic rings. The van der Waals surface area contributed by atoms with Gasteiger partial charge >= 0.3 is 5.97 Å². The summed E-state index contributed by atoms with van der Waals surface area (Å²) >= 11 is 0. The molecule has 1 fully saturated rings. The maximum Gasteiger partial charge on any atom is 0.308 e. The van der Waals surface area contributed by atoms with Gasteiger partial charge in [0.05, 0.1) is 10.8 Å². The molecule has 2 rings (SSSR count). The number of carboxylic acids is 1. The van der Waals surface area contributed by atoms with Crippen molar-refractivity contribution in [3.8, 4) is 0 Å². The van der Waals surface area contributed by atoms with Gasteiger partial charge in [-0.2, -0.15) is 4.31 Å². The van der Waals surface area contributed by atoms with Gasteiger partial charge in [-0.05, 0) is 44.7 Å². The van der Waals surface area contributed by atoms with Crippen LogP contribution in [0.15, 0.2) is 17.0 Å². The van der Waals surface area contributed by atoms with Gasteiger partial charge in [0, 0.05) is 18.7 Å². The summed E-state index contributed by atoms with van der Waals surface area (Å²) in [6.07, 6.45) is 0.788. The molecule has 0 amide bonds. The quantitative estimate of drug-likeness (QED) is 0.652. The first-order chi connectivity index (χ1) is 11.1. The van der Waals surface area contributed by atoms with Gasteiger partial charge in [0.25, 0.3) is 5.69 Å². The van der Waals surface area contributed by atoms with Gasteiger partial charge in [-0.1, -0.05) is 6.07 Å². The molecule has 0 aliphatic carbocycles. The van der Waals surface area contributed by atoms with E-state index in [0.717, 1.165) is 4.31 Å². The van der Waals surface area contributed by atoms with E-state index < -0.39 is 38.6 Å². The summed E-state index contributed by atoms with van der Waals surface area (Å²) in [6, 6.07) is 1.92. The molecule has 0 spiro atoms. The van der Waals surface area contributed by atoms with Gasteiger partial charge in [-0.15, -0.1) is 0 Å². The summed E-state index contributed by atoms with van der Waals surface area (Å²) in [6.45, 7) is 4.89. The molecule has 0 aromatic heterocycles. The molecule has 0 bridgehead atoms. The van der Waals surface area contributed by atoms with Gasteiger partial charge in [0.2, 0.25) is 10.0 Å². The zero-order chi connectivity index (χ0) is 18.2. The van der Waals surface area contributed by atoms with Crippen LogP contribution >= 0.6 is 0 Å². The first-order valence-corrected chi connectivity index (χ1v) is 9.02. The number of hydrogen-bond donors (Lipinski definition) is 1. The predicted molar refractivity (Wildman–Crippen MR) is 86.3 cm³/mol. The minimum Gasteiger partial charge on any atom is -0.481 e. The molecule has 0 saturated carbocycles. The molecular formula is C15H20N2O6S. The number of aliphatic carboxylic acids is 1. The average molecular weight is 356 g/mol. The maximum absolute atomic E-state index is 13.1. The van der Waals surface area contributed by atoms with Crippen molar-refractivity contribution in [1.82, 2.24) is 4.31 Å². The van der Waals surface area contributed by atoms with Crippen LogP contribution in [0.3, 0.4) is 0 Å².